The van der Waals surface area contributed by atoms with Crippen LogP contribution >= 0.6 is 7.60 Å². The molecule has 0 bridgehead atoms. The van der Waals surface area contributed by atoms with E-state index in [1.54, 1.807) is 0 Å². The van der Waals surface area contributed by atoms with Crippen LogP contribution in [0.5, 0.6) is 0 Å². The number of hydrogen-bond donors (Lipinski definition) is 0. The van der Waals surface area contributed by atoms with E-state index in [0.29, 0.717) is 0 Å². The fraction of sp³-hybridized carbons (Fsp3) is 0.692. The molecule has 134 valence electrons. The van der Waals surface area contributed by atoms with Crippen LogP contribution in [0.1, 0.15) is 27.7 Å². The lowest BCUT2D eigenvalue weighted by Gasteiger charge is -2.23. The molecule has 0 aliphatic carbocycles. The Morgan fingerprint density at radius 3 is 1.61 bits per heavy atom. The molecule has 0 unspecified atom stereocenters. The van der Waals surface area contributed by atoms with Gasteiger partial charge in [-0.2, -0.15) is 8.78 Å². The molecule has 0 radical (unpaired) electrons. The molecule has 23 heavy (non-hydrogen) atoms. The van der Waals surface area contributed by atoms with E-state index in [1.807, 2.05) is 0 Å². The second-order valence-corrected chi connectivity index (χ2v) is 6.03. The van der Waals surface area contributed by atoms with E-state index in [1.165, 1.54) is 27.7 Å². The lowest BCUT2D eigenvalue weighted by atomic mass is 10.2. The van der Waals surface area contributed by atoms with E-state index in [-0.39, 0.29) is 32.5 Å². The molecule has 0 fully saturated rings. The molecule has 0 amide bonds. The van der Waals surface area contributed by atoms with Crippen LogP contribution < -0.4 is 0 Å². The van der Waals surface area contributed by atoms with Gasteiger partial charge in [-0.25, -0.2) is 9.59 Å². The van der Waals surface area contributed by atoms with E-state index in [9.17, 15) is 22.9 Å². The SMILES string of the molecule is CCOC(=O)C(=CC(F)(F)P(=O)(OCC)OCC)C(=O)OCC. The van der Waals surface area contributed by atoms with Crippen molar-refractivity contribution in [2.45, 2.75) is 33.4 Å². The summed E-state index contributed by atoms with van der Waals surface area (Å²) in [5, 5.41) is 0. The molecule has 0 rings (SSSR count). The van der Waals surface area contributed by atoms with Gasteiger partial charge in [-0.05, 0) is 27.7 Å². The predicted molar refractivity (Wildman–Crippen MR) is 77.2 cm³/mol. The Bertz CT molecular complexity index is 461. The minimum atomic E-state index is -4.92. The van der Waals surface area contributed by atoms with Gasteiger partial charge in [0.2, 0.25) is 0 Å². The van der Waals surface area contributed by atoms with Crippen molar-refractivity contribution in [2.24, 2.45) is 0 Å². The molecule has 0 aromatic heterocycles. The Hall–Kier alpha value is -1.31. The van der Waals surface area contributed by atoms with Gasteiger partial charge in [0, 0.05) is 6.08 Å². The third-order valence-electron chi connectivity index (χ3n) is 2.27. The summed E-state index contributed by atoms with van der Waals surface area (Å²) in [6.07, 6.45) is -0.0882. The Morgan fingerprint density at radius 2 is 1.30 bits per heavy atom. The van der Waals surface area contributed by atoms with Gasteiger partial charge in [0.05, 0.1) is 26.4 Å². The minimum Gasteiger partial charge on any atom is -0.462 e. The summed E-state index contributed by atoms with van der Waals surface area (Å²) >= 11 is 0. The van der Waals surface area contributed by atoms with Crippen LogP contribution in [-0.4, -0.2) is 44.0 Å². The molecule has 0 aliphatic heterocycles. The first-order chi connectivity index (χ1) is 10.7. The smallest absolute Gasteiger partial charge is 0.403 e. The molecule has 0 heterocycles. The summed E-state index contributed by atoms with van der Waals surface area (Å²) in [5.41, 5.74) is -5.29. The van der Waals surface area contributed by atoms with E-state index in [0.717, 1.165) is 0 Å². The van der Waals surface area contributed by atoms with Crippen LogP contribution in [0.15, 0.2) is 11.6 Å². The third kappa shape index (κ3) is 6.01. The number of allylic oxidation sites excluding steroid dienone is 1. The van der Waals surface area contributed by atoms with E-state index >= 15 is 0 Å². The molecule has 10 heteroatoms. The van der Waals surface area contributed by atoms with Crippen molar-refractivity contribution in [1.82, 2.24) is 0 Å². The molecule has 0 aliphatic rings. The molecule has 0 aromatic carbocycles. The number of ether oxygens (including phenoxy) is 2. The Kier molecular flexibility index (Phi) is 9.19. The molecule has 0 atom stereocenters. The zero-order valence-electron chi connectivity index (χ0n) is 13.5. The fourth-order valence-electron chi connectivity index (χ4n) is 1.42. The number of alkyl halides is 2. The monoisotopic (exact) mass is 358 g/mol. The van der Waals surface area contributed by atoms with Gasteiger partial charge < -0.3 is 18.5 Å². The minimum absolute atomic E-state index is 0.0882. The number of rotatable bonds is 10. The maximum Gasteiger partial charge on any atom is 0.403 e. The molecule has 0 N–H and O–H groups in total. The van der Waals surface area contributed by atoms with Gasteiger partial charge in [-0.1, -0.05) is 0 Å². The van der Waals surface area contributed by atoms with Crippen molar-refractivity contribution in [1.29, 1.82) is 0 Å². The molecule has 0 aromatic rings. The zero-order chi connectivity index (χ0) is 18.1. The van der Waals surface area contributed by atoms with Gasteiger partial charge in [-0.3, -0.25) is 4.57 Å². The number of carbonyl (C=O) groups is 2. The van der Waals surface area contributed by atoms with E-state index in [4.69, 9.17) is 0 Å². The van der Waals surface area contributed by atoms with Crippen molar-refractivity contribution < 1.29 is 41.5 Å². The summed E-state index contributed by atoms with van der Waals surface area (Å²) in [6.45, 7) is 4.66. The molecule has 7 nitrogen and oxygen atoms in total. The van der Waals surface area contributed by atoms with Gasteiger partial charge in [0.25, 0.3) is 0 Å². The summed E-state index contributed by atoms with van der Waals surface area (Å²) in [7, 11) is -4.92. The van der Waals surface area contributed by atoms with Crippen molar-refractivity contribution in [3.8, 4) is 0 Å². The van der Waals surface area contributed by atoms with Crippen molar-refractivity contribution in [3.63, 3.8) is 0 Å². The maximum absolute atomic E-state index is 14.3. The highest BCUT2D eigenvalue weighted by Gasteiger charge is 2.53. The first-order valence-electron chi connectivity index (χ1n) is 7.03. The van der Waals surface area contributed by atoms with E-state index in [2.05, 4.69) is 18.5 Å². The predicted octanol–water partition coefficient (Wildman–Crippen LogP) is 2.90. The standard InChI is InChI=1S/C13H21F2O7P/c1-5-19-11(16)10(12(17)20-6-2)9-13(14,15)23(18,21-7-3)22-8-4/h9H,5-8H2,1-4H3. The molecule has 0 saturated carbocycles. The first kappa shape index (κ1) is 21.7. The zero-order valence-corrected chi connectivity index (χ0v) is 14.4. The van der Waals surface area contributed by atoms with Crippen LogP contribution in [0.25, 0.3) is 0 Å². The van der Waals surface area contributed by atoms with Gasteiger partial charge in [0.1, 0.15) is 5.57 Å². The van der Waals surface area contributed by atoms with E-state index < -0.39 is 30.8 Å². The summed E-state index contributed by atoms with van der Waals surface area (Å²) < 4.78 is 58.9. The Balaban J connectivity index is 5.84. The van der Waals surface area contributed by atoms with Crippen LogP contribution in [0.2, 0.25) is 0 Å². The summed E-state index contributed by atoms with van der Waals surface area (Å²) in [4.78, 5) is 23.4. The van der Waals surface area contributed by atoms with Crippen molar-refractivity contribution in [2.75, 3.05) is 26.4 Å². The number of esters is 2. The Morgan fingerprint density at radius 1 is 0.913 bits per heavy atom. The molecular formula is C13H21F2O7P. The summed E-state index contributed by atoms with van der Waals surface area (Å²) in [5.74, 6) is -2.63. The van der Waals surface area contributed by atoms with Crippen LogP contribution in [0.3, 0.4) is 0 Å². The molecular weight excluding hydrogens is 337 g/mol. The number of hydrogen-bond acceptors (Lipinski definition) is 7. The number of halogens is 2. The van der Waals surface area contributed by atoms with Gasteiger partial charge in [-0.15, -0.1) is 0 Å². The molecule has 0 spiro atoms. The maximum atomic E-state index is 14.3. The second-order valence-electron chi connectivity index (χ2n) is 3.92. The van der Waals surface area contributed by atoms with Gasteiger partial charge in [0.15, 0.2) is 0 Å². The third-order valence-corrected chi connectivity index (χ3v) is 4.33. The Labute approximate surface area is 133 Å². The van der Waals surface area contributed by atoms with Crippen LogP contribution in [0.4, 0.5) is 8.78 Å². The highest BCUT2D eigenvalue weighted by Crippen LogP contribution is 2.62. The average Bonchev–Trinajstić information content (AvgIpc) is 2.45. The van der Waals surface area contributed by atoms with Crippen LogP contribution in [-0.2, 0) is 32.7 Å². The topological polar surface area (TPSA) is 88.1 Å². The first-order valence-corrected chi connectivity index (χ1v) is 8.57. The average molecular weight is 358 g/mol. The summed E-state index contributed by atoms with van der Waals surface area (Å²) in [6, 6.07) is 0. The molecule has 0 saturated heterocycles. The van der Waals surface area contributed by atoms with Gasteiger partial charge >= 0.3 is 25.2 Å². The second kappa shape index (κ2) is 9.75. The fourth-order valence-corrected chi connectivity index (χ4v) is 2.81. The van der Waals surface area contributed by atoms with Crippen LogP contribution in [0, 0.1) is 0 Å². The lowest BCUT2D eigenvalue weighted by Crippen LogP contribution is -2.24. The largest absolute Gasteiger partial charge is 0.462 e. The highest BCUT2D eigenvalue weighted by molar-refractivity contribution is 7.55. The quantitative estimate of drug-likeness (QED) is 0.195. The number of carbonyl (C=O) groups excluding carboxylic acids is 2. The highest BCUT2D eigenvalue weighted by atomic mass is 31.2. The normalized spacial score (nSPS) is 11.7. The lowest BCUT2D eigenvalue weighted by molar-refractivity contribution is -0.146. The van der Waals surface area contributed by atoms with Crippen molar-refractivity contribution >= 4 is 19.5 Å². The van der Waals surface area contributed by atoms with Crippen molar-refractivity contribution in [3.05, 3.63) is 11.6 Å².